The highest BCUT2D eigenvalue weighted by molar-refractivity contribution is 7.29. The summed E-state index contributed by atoms with van der Waals surface area (Å²) in [5.41, 5.74) is 0. The van der Waals surface area contributed by atoms with E-state index in [9.17, 15) is 0 Å². The Morgan fingerprint density at radius 1 is 1.04 bits per heavy atom. The van der Waals surface area contributed by atoms with E-state index < -0.39 is 8.07 Å². The monoisotopic (exact) mass is 340 g/mol. The normalized spacial score (nSPS) is 25.8. The van der Waals surface area contributed by atoms with Gasteiger partial charge in [-0.25, -0.2) is 0 Å². The smallest absolute Gasteiger partial charge is 0.117 e. The number of rotatable bonds is 4. The van der Waals surface area contributed by atoms with E-state index in [1.54, 1.807) is 0 Å². The zero-order valence-electron chi connectivity index (χ0n) is 13.6. The van der Waals surface area contributed by atoms with Gasteiger partial charge < -0.3 is 18.2 Å². The molecule has 4 rings (SSSR count). The Hall–Kier alpha value is -0.993. The second-order valence-electron chi connectivity index (χ2n) is 6.87. The van der Waals surface area contributed by atoms with Gasteiger partial charge in [0.25, 0.3) is 0 Å². The fraction of sp³-hybridized carbons (Fsp3) is 0.368. The van der Waals surface area contributed by atoms with Crippen LogP contribution in [-0.4, -0.2) is 31.4 Å². The van der Waals surface area contributed by atoms with Crippen LogP contribution in [0.2, 0.25) is 12.6 Å². The predicted molar refractivity (Wildman–Crippen MR) is 100 cm³/mol. The van der Waals surface area contributed by atoms with Crippen LogP contribution >= 0.6 is 8.96 Å². The van der Waals surface area contributed by atoms with Gasteiger partial charge in [-0.2, -0.15) is 0 Å². The molecule has 0 bridgehead atoms. The van der Waals surface area contributed by atoms with Crippen LogP contribution in [0.15, 0.2) is 60.7 Å². The van der Waals surface area contributed by atoms with E-state index in [4.69, 9.17) is 4.52 Å². The molecular formula is C19H23NOPSi-. The lowest BCUT2D eigenvalue weighted by Crippen LogP contribution is -2.58. The van der Waals surface area contributed by atoms with Crippen molar-refractivity contribution in [2.45, 2.75) is 37.6 Å². The lowest BCUT2D eigenvalue weighted by Gasteiger charge is -2.34. The van der Waals surface area contributed by atoms with Crippen molar-refractivity contribution in [2.24, 2.45) is 0 Å². The Morgan fingerprint density at radius 2 is 1.65 bits per heavy atom. The predicted octanol–water partition coefficient (Wildman–Crippen LogP) is 3.52. The summed E-state index contributed by atoms with van der Waals surface area (Å²) in [6.45, 7) is 3.72. The van der Waals surface area contributed by atoms with Crippen molar-refractivity contribution in [1.29, 1.82) is 0 Å². The molecule has 2 heterocycles. The molecule has 0 spiro atoms. The van der Waals surface area contributed by atoms with E-state index >= 15 is 0 Å². The first-order valence-electron chi connectivity index (χ1n) is 8.52. The fourth-order valence-electron chi connectivity index (χ4n) is 4.04. The van der Waals surface area contributed by atoms with E-state index in [1.807, 2.05) is 0 Å². The van der Waals surface area contributed by atoms with Crippen LogP contribution in [-0.2, 0) is 4.52 Å². The molecule has 0 unspecified atom stereocenters. The number of nitrogens with zero attached hydrogens (tertiary/aromatic N) is 1. The second-order valence-corrected chi connectivity index (χ2v) is 12.0. The van der Waals surface area contributed by atoms with Gasteiger partial charge in [0.05, 0.1) is 0 Å². The molecule has 2 atom stereocenters. The minimum absolute atomic E-state index is 0.385. The van der Waals surface area contributed by atoms with Gasteiger partial charge >= 0.3 is 0 Å². The largest absolute Gasteiger partial charge is 0.538 e. The van der Waals surface area contributed by atoms with Gasteiger partial charge in [-0.3, -0.25) is 0 Å². The molecule has 0 saturated carbocycles. The molecule has 2 aromatic rings. The quantitative estimate of drug-likeness (QED) is 0.624. The van der Waals surface area contributed by atoms with Gasteiger partial charge in [-0.15, -0.1) is 0 Å². The summed E-state index contributed by atoms with van der Waals surface area (Å²) in [5, 5.41) is 3.03. The van der Waals surface area contributed by atoms with Gasteiger partial charge in [0.1, 0.15) is 8.07 Å². The molecule has 0 amide bonds. The maximum absolute atomic E-state index is 6.19. The van der Waals surface area contributed by atoms with Crippen molar-refractivity contribution < 1.29 is 4.52 Å². The maximum atomic E-state index is 6.19. The molecule has 23 heavy (non-hydrogen) atoms. The molecule has 0 aliphatic carbocycles. The number of fused-ring (bicyclic) bond motifs is 1. The van der Waals surface area contributed by atoms with E-state index in [1.165, 1.54) is 35.8 Å². The highest BCUT2D eigenvalue weighted by Gasteiger charge is 2.39. The molecule has 2 nitrogen and oxygen atoms in total. The van der Waals surface area contributed by atoms with Crippen LogP contribution in [0, 0.1) is 0 Å². The van der Waals surface area contributed by atoms with Crippen LogP contribution in [0.1, 0.15) is 12.8 Å². The van der Waals surface area contributed by atoms with Gasteiger partial charge in [-0.1, -0.05) is 77.6 Å². The molecule has 2 aliphatic heterocycles. The molecule has 4 heteroatoms. The first-order valence-corrected chi connectivity index (χ1v) is 12.0. The highest BCUT2D eigenvalue weighted by atomic mass is 31.1. The Balaban J connectivity index is 1.69. The van der Waals surface area contributed by atoms with Crippen molar-refractivity contribution >= 4 is 27.4 Å². The number of hydrogen-bond donors (Lipinski definition) is 0. The molecule has 2 fully saturated rings. The van der Waals surface area contributed by atoms with Crippen LogP contribution in [0.5, 0.6) is 0 Å². The Bertz CT molecular complexity index is 611. The lowest BCUT2D eigenvalue weighted by molar-refractivity contribution is 0.232. The fourth-order valence-corrected chi connectivity index (χ4v) is 9.06. The van der Waals surface area contributed by atoms with Crippen LogP contribution in [0.3, 0.4) is 0 Å². The molecule has 2 aromatic carbocycles. The lowest BCUT2D eigenvalue weighted by atomic mass is 10.1. The summed E-state index contributed by atoms with van der Waals surface area (Å²) in [7, 11) is -0.689. The van der Waals surface area contributed by atoms with Crippen molar-refractivity contribution in [1.82, 2.24) is 4.67 Å². The van der Waals surface area contributed by atoms with Crippen molar-refractivity contribution in [3.8, 4) is 0 Å². The Kier molecular flexibility index (Phi) is 4.38. The van der Waals surface area contributed by atoms with Crippen molar-refractivity contribution in [2.75, 3.05) is 6.54 Å². The summed E-state index contributed by atoms with van der Waals surface area (Å²) in [4.78, 5) is 0. The number of hydrogen-bond acceptors (Lipinski definition) is 2. The zero-order chi connectivity index (χ0) is 15.7. The summed E-state index contributed by atoms with van der Waals surface area (Å²) in [6.07, 6.45) is 3.01. The topological polar surface area (TPSA) is 12.5 Å². The Morgan fingerprint density at radius 3 is 2.26 bits per heavy atom. The standard InChI is InChI=1S/C19H23NOPSi/c1-23(16-9-4-2-5-10-16,17-11-6-3-7-12-17)15-19-18-13-8-14-20(18)22-21-19/h2-7,9-12,18-19H,8,13-15H2,1H3/q-1/t18-,19+/m0/s1. The summed E-state index contributed by atoms with van der Waals surface area (Å²) in [5.74, 6) is 0. The van der Waals surface area contributed by atoms with E-state index in [2.05, 4.69) is 71.9 Å². The third kappa shape index (κ3) is 2.92. The van der Waals surface area contributed by atoms with Gasteiger partial charge in [-0.05, 0) is 25.4 Å². The Labute approximate surface area is 141 Å². The summed E-state index contributed by atoms with van der Waals surface area (Å²) in [6, 6.07) is 24.0. The average molecular weight is 340 g/mol. The van der Waals surface area contributed by atoms with E-state index in [-0.39, 0.29) is 0 Å². The SMILES string of the molecule is C[Si](C[C@H]1O[P-]N2CCC[C@@H]12)(c1ccccc1)c1ccccc1. The number of benzene rings is 2. The van der Waals surface area contributed by atoms with E-state index in [0.717, 1.165) is 8.96 Å². The van der Waals surface area contributed by atoms with E-state index in [0.29, 0.717) is 12.1 Å². The first kappa shape index (κ1) is 15.5. The zero-order valence-corrected chi connectivity index (χ0v) is 15.5. The molecule has 120 valence electrons. The average Bonchev–Trinajstić information content (AvgIpc) is 3.21. The van der Waals surface area contributed by atoms with Crippen molar-refractivity contribution in [3.05, 3.63) is 60.7 Å². The maximum Gasteiger partial charge on any atom is 0.117 e. The van der Waals surface area contributed by atoms with Crippen LogP contribution in [0.25, 0.3) is 0 Å². The first-order chi connectivity index (χ1) is 11.3. The third-order valence-electron chi connectivity index (χ3n) is 5.42. The minimum Gasteiger partial charge on any atom is -0.538 e. The summed E-state index contributed by atoms with van der Waals surface area (Å²) < 4.78 is 8.70. The van der Waals surface area contributed by atoms with Crippen LogP contribution < -0.4 is 10.4 Å². The summed E-state index contributed by atoms with van der Waals surface area (Å²) >= 11 is 0. The molecule has 0 N–H and O–H groups in total. The molecule has 2 saturated heterocycles. The van der Waals surface area contributed by atoms with Gasteiger partial charge in [0.15, 0.2) is 0 Å². The highest BCUT2D eigenvalue weighted by Crippen LogP contribution is 2.44. The van der Waals surface area contributed by atoms with Crippen LogP contribution in [0.4, 0.5) is 0 Å². The van der Waals surface area contributed by atoms with Gasteiger partial charge in [0.2, 0.25) is 0 Å². The molecule has 0 aromatic heterocycles. The molecule has 0 radical (unpaired) electrons. The molecule has 2 aliphatic rings. The molecular weight excluding hydrogens is 317 g/mol. The minimum atomic E-state index is -1.78. The van der Waals surface area contributed by atoms with Gasteiger partial charge in [0, 0.05) is 12.1 Å². The second kappa shape index (κ2) is 6.49. The van der Waals surface area contributed by atoms with Crippen molar-refractivity contribution in [3.63, 3.8) is 0 Å². The third-order valence-corrected chi connectivity index (χ3v) is 10.9.